The molecule has 2 aromatic rings. The number of aryl methyl sites for hydroxylation is 1. The van der Waals surface area contributed by atoms with Gasteiger partial charge in [0.2, 0.25) is 11.8 Å². The third-order valence-electron chi connectivity index (χ3n) is 3.27. The predicted molar refractivity (Wildman–Crippen MR) is 102 cm³/mol. The topological polar surface area (TPSA) is 58.2 Å². The van der Waals surface area contributed by atoms with Gasteiger partial charge < -0.3 is 10.6 Å². The number of nitrogens with one attached hydrogen (secondary N) is 2. The maximum Gasteiger partial charge on any atom is 0.237 e. The van der Waals surface area contributed by atoms with Gasteiger partial charge in [-0.25, -0.2) is 0 Å². The first-order chi connectivity index (χ1) is 11.5. The van der Waals surface area contributed by atoms with Crippen LogP contribution in [0.4, 0.5) is 11.4 Å². The van der Waals surface area contributed by atoms with Crippen LogP contribution in [-0.4, -0.2) is 22.8 Å². The highest BCUT2D eigenvalue weighted by Crippen LogP contribution is 2.22. The number of hydrogen-bond acceptors (Lipinski definition) is 3. The van der Waals surface area contributed by atoms with Crippen LogP contribution in [0.1, 0.15) is 12.5 Å². The monoisotopic (exact) mass is 362 g/mol. The van der Waals surface area contributed by atoms with Crippen molar-refractivity contribution in [3.63, 3.8) is 0 Å². The number of anilines is 2. The molecular weight excluding hydrogens is 344 g/mol. The SMILES string of the molecule is Cc1cccc(NC(=O)CS[C@@H](C)C(=O)Nc2ccccc2Cl)c1. The molecule has 0 unspecified atom stereocenters. The Bertz CT molecular complexity index is 736. The normalized spacial score (nSPS) is 11.6. The molecule has 126 valence electrons. The molecule has 0 heterocycles. The van der Waals surface area contributed by atoms with E-state index in [-0.39, 0.29) is 22.8 Å². The minimum absolute atomic E-state index is 0.136. The number of carbonyl (C=O) groups is 2. The molecule has 0 fully saturated rings. The van der Waals surface area contributed by atoms with E-state index in [2.05, 4.69) is 10.6 Å². The van der Waals surface area contributed by atoms with E-state index in [1.165, 1.54) is 11.8 Å². The summed E-state index contributed by atoms with van der Waals surface area (Å²) in [5, 5.41) is 5.71. The Labute approximate surface area is 151 Å². The van der Waals surface area contributed by atoms with Crippen LogP contribution >= 0.6 is 23.4 Å². The van der Waals surface area contributed by atoms with Gasteiger partial charge in [0.05, 0.1) is 21.7 Å². The third kappa shape index (κ3) is 5.58. The molecule has 2 rings (SSSR count). The number of hydrogen-bond donors (Lipinski definition) is 2. The first-order valence-electron chi connectivity index (χ1n) is 7.49. The highest BCUT2D eigenvalue weighted by molar-refractivity contribution is 8.01. The van der Waals surface area contributed by atoms with Crippen molar-refractivity contribution >= 4 is 46.6 Å². The maximum absolute atomic E-state index is 12.2. The number of rotatable bonds is 6. The van der Waals surface area contributed by atoms with Gasteiger partial charge >= 0.3 is 0 Å². The molecule has 0 spiro atoms. The van der Waals surface area contributed by atoms with Gasteiger partial charge in [0.25, 0.3) is 0 Å². The van der Waals surface area contributed by atoms with Gasteiger partial charge in [0.1, 0.15) is 0 Å². The van der Waals surface area contributed by atoms with E-state index in [9.17, 15) is 9.59 Å². The summed E-state index contributed by atoms with van der Waals surface area (Å²) < 4.78 is 0. The van der Waals surface area contributed by atoms with Crippen LogP contribution in [0.3, 0.4) is 0 Å². The molecular formula is C18H19ClN2O2S. The molecule has 2 amide bonds. The van der Waals surface area contributed by atoms with Crippen LogP contribution in [0.15, 0.2) is 48.5 Å². The van der Waals surface area contributed by atoms with E-state index in [1.807, 2.05) is 31.2 Å². The van der Waals surface area contributed by atoms with Crippen LogP contribution < -0.4 is 10.6 Å². The fraction of sp³-hybridized carbons (Fsp3) is 0.222. The first kappa shape index (κ1) is 18.4. The lowest BCUT2D eigenvalue weighted by atomic mass is 10.2. The van der Waals surface area contributed by atoms with Gasteiger partial charge in [-0.3, -0.25) is 9.59 Å². The average molecular weight is 363 g/mol. The van der Waals surface area contributed by atoms with E-state index >= 15 is 0 Å². The van der Waals surface area contributed by atoms with Gasteiger partial charge in [0.15, 0.2) is 0 Å². The van der Waals surface area contributed by atoms with Crippen molar-refractivity contribution < 1.29 is 9.59 Å². The molecule has 2 N–H and O–H groups in total. The summed E-state index contributed by atoms with van der Waals surface area (Å²) in [4.78, 5) is 24.1. The van der Waals surface area contributed by atoms with Crippen molar-refractivity contribution in [1.82, 2.24) is 0 Å². The number of amides is 2. The van der Waals surface area contributed by atoms with Crippen LogP contribution in [0.2, 0.25) is 5.02 Å². The summed E-state index contributed by atoms with van der Waals surface area (Å²) in [6, 6.07) is 14.6. The molecule has 1 atom stereocenters. The van der Waals surface area contributed by atoms with Gasteiger partial charge in [-0.2, -0.15) is 0 Å². The number of para-hydroxylation sites is 1. The quantitative estimate of drug-likeness (QED) is 0.803. The van der Waals surface area contributed by atoms with Gasteiger partial charge in [-0.1, -0.05) is 35.9 Å². The Balaban J connectivity index is 1.81. The maximum atomic E-state index is 12.2. The second-order valence-electron chi connectivity index (χ2n) is 5.34. The lowest BCUT2D eigenvalue weighted by Crippen LogP contribution is -2.25. The van der Waals surface area contributed by atoms with Crippen LogP contribution in [0, 0.1) is 6.92 Å². The average Bonchev–Trinajstić information content (AvgIpc) is 2.54. The molecule has 0 aromatic heterocycles. The van der Waals surface area contributed by atoms with E-state index in [4.69, 9.17) is 11.6 Å². The minimum atomic E-state index is -0.371. The molecule has 0 bridgehead atoms. The highest BCUT2D eigenvalue weighted by Gasteiger charge is 2.16. The second kappa shape index (κ2) is 8.76. The number of carbonyl (C=O) groups excluding carboxylic acids is 2. The summed E-state index contributed by atoms with van der Waals surface area (Å²) in [6.07, 6.45) is 0. The van der Waals surface area contributed by atoms with E-state index < -0.39 is 0 Å². The summed E-state index contributed by atoms with van der Waals surface area (Å²) in [6.45, 7) is 3.72. The summed E-state index contributed by atoms with van der Waals surface area (Å²) in [5.41, 5.74) is 2.41. The summed E-state index contributed by atoms with van der Waals surface area (Å²) >= 11 is 7.29. The molecule has 0 aliphatic heterocycles. The molecule has 24 heavy (non-hydrogen) atoms. The van der Waals surface area contributed by atoms with Crippen molar-refractivity contribution in [3.8, 4) is 0 Å². The van der Waals surface area contributed by atoms with Crippen molar-refractivity contribution in [2.45, 2.75) is 19.1 Å². The lowest BCUT2D eigenvalue weighted by molar-refractivity contribution is -0.115. The Kier molecular flexibility index (Phi) is 6.70. The van der Waals surface area contributed by atoms with E-state index in [1.54, 1.807) is 31.2 Å². The Hall–Kier alpha value is -1.98. The van der Waals surface area contributed by atoms with Crippen LogP contribution in [0.25, 0.3) is 0 Å². The number of halogens is 1. The summed E-state index contributed by atoms with van der Waals surface area (Å²) in [7, 11) is 0. The standard InChI is InChI=1S/C18H19ClN2O2S/c1-12-6-5-7-14(10-12)20-17(22)11-24-13(2)18(23)21-16-9-4-3-8-15(16)19/h3-10,13H,11H2,1-2H3,(H,20,22)(H,21,23)/t13-/m0/s1. The second-order valence-corrected chi connectivity index (χ2v) is 7.08. The molecule has 0 saturated heterocycles. The third-order valence-corrected chi connectivity index (χ3v) is 4.74. The van der Waals surface area contributed by atoms with Gasteiger partial charge in [-0.15, -0.1) is 11.8 Å². The fourth-order valence-corrected chi connectivity index (χ4v) is 2.86. The Morgan fingerprint density at radius 3 is 2.58 bits per heavy atom. The first-order valence-corrected chi connectivity index (χ1v) is 8.92. The fourth-order valence-electron chi connectivity index (χ4n) is 1.99. The van der Waals surface area contributed by atoms with E-state index in [0.717, 1.165) is 11.3 Å². The Morgan fingerprint density at radius 2 is 1.88 bits per heavy atom. The minimum Gasteiger partial charge on any atom is -0.325 e. The number of benzene rings is 2. The Morgan fingerprint density at radius 1 is 1.12 bits per heavy atom. The molecule has 0 radical (unpaired) electrons. The van der Waals surface area contributed by atoms with Crippen molar-refractivity contribution in [3.05, 3.63) is 59.1 Å². The molecule has 4 nitrogen and oxygen atoms in total. The zero-order chi connectivity index (χ0) is 17.5. The van der Waals surface area contributed by atoms with Crippen LogP contribution in [0.5, 0.6) is 0 Å². The number of thioether (sulfide) groups is 1. The molecule has 2 aromatic carbocycles. The smallest absolute Gasteiger partial charge is 0.237 e. The largest absolute Gasteiger partial charge is 0.325 e. The zero-order valence-corrected chi connectivity index (χ0v) is 15.1. The molecule has 6 heteroatoms. The molecule has 0 aliphatic carbocycles. The van der Waals surface area contributed by atoms with Gasteiger partial charge in [0, 0.05) is 5.69 Å². The van der Waals surface area contributed by atoms with Gasteiger partial charge in [-0.05, 0) is 43.7 Å². The van der Waals surface area contributed by atoms with Crippen molar-refractivity contribution in [1.29, 1.82) is 0 Å². The summed E-state index contributed by atoms with van der Waals surface area (Å²) in [5.74, 6) is -0.120. The molecule has 0 saturated carbocycles. The van der Waals surface area contributed by atoms with Crippen molar-refractivity contribution in [2.24, 2.45) is 0 Å². The van der Waals surface area contributed by atoms with Crippen LogP contribution in [-0.2, 0) is 9.59 Å². The van der Waals surface area contributed by atoms with E-state index in [0.29, 0.717) is 10.7 Å². The predicted octanol–water partition coefficient (Wildman–Crippen LogP) is 4.35. The van der Waals surface area contributed by atoms with Crippen molar-refractivity contribution in [2.75, 3.05) is 16.4 Å². The zero-order valence-electron chi connectivity index (χ0n) is 13.5. The molecule has 0 aliphatic rings. The lowest BCUT2D eigenvalue weighted by Gasteiger charge is -2.13. The highest BCUT2D eigenvalue weighted by atomic mass is 35.5.